The molecule has 0 saturated carbocycles. The number of aliphatic carboxylic acids is 1. The molecule has 0 aromatic carbocycles. The molecule has 0 amide bonds. The average molecular weight is 301 g/mol. The molecule has 2 aromatic heterocycles. The minimum Gasteiger partial charge on any atom is -0.481 e. The maximum absolute atomic E-state index is 11.9. The van der Waals surface area contributed by atoms with Gasteiger partial charge >= 0.3 is 5.97 Å². The Hall–Kier alpha value is -1.71. The van der Waals surface area contributed by atoms with Crippen molar-refractivity contribution in [2.45, 2.75) is 17.2 Å². The lowest BCUT2D eigenvalue weighted by Gasteiger charge is -2.02. The number of rotatable bonds is 6. The lowest BCUT2D eigenvalue weighted by Crippen LogP contribution is -2.22. The molecule has 19 heavy (non-hydrogen) atoms. The van der Waals surface area contributed by atoms with Gasteiger partial charge in [-0.15, -0.1) is 11.3 Å². The number of hydrogen-bond donors (Lipinski definition) is 3. The summed E-state index contributed by atoms with van der Waals surface area (Å²) in [6.07, 6.45) is 2.94. The number of imidazole rings is 1. The number of carboxylic acids is 1. The number of aromatic nitrogens is 2. The van der Waals surface area contributed by atoms with Crippen LogP contribution in [0.5, 0.6) is 0 Å². The monoisotopic (exact) mass is 301 g/mol. The van der Waals surface area contributed by atoms with E-state index in [0.29, 0.717) is 10.7 Å². The zero-order chi connectivity index (χ0) is 13.9. The summed E-state index contributed by atoms with van der Waals surface area (Å²) in [6, 6.07) is 2.90. The van der Waals surface area contributed by atoms with Gasteiger partial charge in [0.25, 0.3) is 0 Å². The van der Waals surface area contributed by atoms with Gasteiger partial charge in [-0.05, 0) is 12.1 Å². The number of nitrogens with one attached hydrogen (secondary N) is 2. The SMILES string of the molecule is O=C(O)Cc1ccc(S(=O)(=O)NCc2ncc[nH]2)s1. The van der Waals surface area contributed by atoms with Crippen LogP contribution in [-0.4, -0.2) is 29.5 Å². The third-order valence-electron chi connectivity index (χ3n) is 2.21. The molecule has 2 heterocycles. The zero-order valence-electron chi connectivity index (χ0n) is 9.66. The van der Waals surface area contributed by atoms with E-state index in [-0.39, 0.29) is 17.2 Å². The van der Waals surface area contributed by atoms with E-state index < -0.39 is 16.0 Å². The van der Waals surface area contributed by atoms with Gasteiger partial charge in [0, 0.05) is 17.3 Å². The van der Waals surface area contributed by atoms with Crippen molar-refractivity contribution in [2.24, 2.45) is 0 Å². The Morgan fingerprint density at radius 3 is 2.89 bits per heavy atom. The van der Waals surface area contributed by atoms with Crippen molar-refractivity contribution >= 4 is 27.3 Å². The summed E-state index contributed by atoms with van der Waals surface area (Å²) >= 11 is 0.943. The maximum atomic E-state index is 11.9. The normalized spacial score (nSPS) is 11.6. The first-order chi connectivity index (χ1) is 8.97. The van der Waals surface area contributed by atoms with E-state index >= 15 is 0 Å². The van der Waals surface area contributed by atoms with Gasteiger partial charge in [0.15, 0.2) is 0 Å². The topological polar surface area (TPSA) is 112 Å². The lowest BCUT2D eigenvalue weighted by molar-refractivity contribution is -0.136. The highest BCUT2D eigenvalue weighted by molar-refractivity contribution is 7.91. The fraction of sp³-hybridized carbons (Fsp3) is 0.200. The van der Waals surface area contributed by atoms with Crippen LogP contribution in [0.25, 0.3) is 0 Å². The van der Waals surface area contributed by atoms with Crippen molar-refractivity contribution in [1.29, 1.82) is 0 Å². The second-order valence-corrected chi connectivity index (χ2v) is 6.81. The third kappa shape index (κ3) is 3.63. The fourth-order valence-electron chi connectivity index (χ4n) is 1.38. The molecule has 0 aliphatic rings. The predicted octanol–water partition coefficient (Wildman–Crippen LogP) is 0.577. The molecule has 2 aromatic rings. The van der Waals surface area contributed by atoms with Gasteiger partial charge in [-0.3, -0.25) is 4.79 Å². The van der Waals surface area contributed by atoms with Gasteiger partial charge in [0.05, 0.1) is 13.0 Å². The summed E-state index contributed by atoms with van der Waals surface area (Å²) in [4.78, 5) is 17.7. The highest BCUT2D eigenvalue weighted by Crippen LogP contribution is 2.21. The molecule has 3 N–H and O–H groups in total. The Morgan fingerprint density at radius 2 is 2.26 bits per heavy atom. The molecule has 9 heteroatoms. The molecular formula is C10H11N3O4S2. The molecule has 2 rings (SSSR count). The smallest absolute Gasteiger partial charge is 0.308 e. The molecule has 0 unspecified atom stereocenters. The summed E-state index contributed by atoms with van der Waals surface area (Å²) in [6.45, 7) is 0.0570. The van der Waals surface area contributed by atoms with Crippen molar-refractivity contribution in [3.05, 3.63) is 35.2 Å². The van der Waals surface area contributed by atoms with Crippen molar-refractivity contribution in [3.63, 3.8) is 0 Å². The minimum atomic E-state index is -3.64. The van der Waals surface area contributed by atoms with E-state index in [4.69, 9.17) is 5.11 Å². The van der Waals surface area contributed by atoms with Crippen molar-refractivity contribution in [1.82, 2.24) is 14.7 Å². The number of thiophene rings is 1. The van der Waals surface area contributed by atoms with Crippen LogP contribution in [0.1, 0.15) is 10.7 Å². The Bertz CT molecular complexity index is 661. The van der Waals surface area contributed by atoms with Crippen LogP contribution < -0.4 is 4.72 Å². The number of carbonyl (C=O) groups is 1. The molecule has 0 saturated heterocycles. The van der Waals surface area contributed by atoms with Gasteiger partial charge in [-0.1, -0.05) is 0 Å². The highest BCUT2D eigenvalue weighted by atomic mass is 32.2. The molecule has 7 nitrogen and oxygen atoms in total. The van der Waals surface area contributed by atoms with Crippen LogP contribution in [0.3, 0.4) is 0 Å². The molecule has 0 aliphatic heterocycles. The molecular weight excluding hydrogens is 290 g/mol. The van der Waals surface area contributed by atoms with Crippen molar-refractivity contribution < 1.29 is 18.3 Å². The number of carboxylic acid groups (broad SMARTS) is 1. The second-order valence-electron chi connectivity index (χ2n) is 3.65. The number of aromatic amines is 1. The average Bonchev–Trinajstić information content (AvgIpc) is 2.96. The van der Waals surface area contributed by atoms with Crippen molar-refractivity contribution in [3.8, 4) is 0 Å². The summed E-state index contributed by atoms with van der Waals surface area (Å²) in [5.41, 5.74) is 0. The van der Waals surface area contributed by atoms with Gasteiger partial charge < -0.3 is 10.1 Å². The first kappa shape index (κ1) is 13.7. The Labute approximate surface area is 113 Å². The number of sulfonamides is 1. The second kappa shape index (κ2) is 5.51. The molecule has 0 fully saturated rings. The molecule has 0 spiro atoms. The summed E-state index contributed by atoms with van der Waals surface area (Å²) in [5, 5.41) is 8.64. The van der Waals surface area contributed by atoms with Crippen LogP contribution in [0.2, 0.25) is 0 Å². The van der Waals surface area contributed by atoms with Gasteiger partial charge in [-0.2, -0.15) is 0 Å². The first-order valence-corrected chi connectivity index (χ1v) is 7.56. The summed E-state index contributed by atoms with van der Waals surface area (Å²) in [5.74, 6) is -0.486. The molecule has 0 bridgehead atoms. The maximum Gasteiger partial charge on any atom is 0.308 e. The van der Waals surface area contributed by atoms with E-state index in [1.807, 2.05) is 0 Å². The van der Waals surface area contributed by atoms with Crippen LogP contribution in [0.4, 0.5) is 0 Å². The number of hydrogen-bond acceptors (Lipinski definition) is 5. The molecule has 0 radical (unpaired) electrons. The largest absolute Gasteiger partial charge is 0.481 e. The standard InChI is InChI=1S/C10H11N3O4S2/c14-9(15)5-7-1-2-10(18-7)19(16,17)13-6-8-11-3-4-12-8/h1-4,13H,5-6H2,(H,11,12)(H,14,15). The van der Waals surface area contributed by atoms with Crippen molar-refractivity contribution in [2.75, 3.05) is 0 Å². The lowest BCUT2D eigenvalue weighted by atomic mass is 10.3. The van der Waals surface area contributed by atoms with E-state index in [0.717, 1.165) is 11.3 Å². The quantitative estimate of drug-likeness (QED) is 0.722. The fourth-order valence-corrected chi connectivity index (χ4v) is 3.76. The van der Waals surface area contributed by atoms with Crippen LogP contribution >= 0.6 is 11.3 Å². The Morgan fingerprint density at radius 1 is 1.47 bits per heavy atom. The Balaban J connectivity index is 2.06. The molecule has 102 valence electrons. The van der Waals surface area contributed by atoms with E-state index in [1.54, 1.807) is 6.20 Å². The predicted molar refractivity (Wildman–Crippen MR) is 68.3 cm³/mol. The number of H-pyrrole nitrogens is 1. The highest BCUT2D eigenvalue weighted by Gasteiger charge is 2.17. The van der Waals surface area contributed by atoms with Gasteiger partial charge in [-0.25, -0.2) is 18.1 Å². The Kier molecular flexibility index (Phi) is 3.98. The van der Waals surface area contributed by atoms with Gasteiger partial charge in [0.2, 0.25) is 10.0 Å². The first-order valence-electron chi connectivity index (χ1n) is 5.26. The number of nitrogens with zero attached hydrogens (tertiary/aromatic N) is 1. The third-order valence-corrected chi connectivity index (χ3v) is 5.19. The summed E-state index contributed by atoms with van der Waals surface area (Å²) < 4.78 is 26.4. The van der Waals surface area contributed by atoms with E-state index in [9.17, 15) is 13.2 Å². The molecule has 0 atom stereocenters. The van der Waals surface area contributed by atoms with Crippen LogP contribution in [0.15, 0.2) is 28.7 Å². The molecule has 0 aliphatic carbocycles. The van der Waals surface area contributed by atoms with Crippen LogP contribution in [-0.2, 0) is 27.8 Å². The summed E-state index contributed by atoms with van der Waals surface area (Å²) in [7, 11) is -3.64. The minimum absolute atomic E-state index is 0.0570. The van der Waals surface area contributed by atoms with E-state index in [1.165, 1.54) is 18.3 Å². The van der Waals surface area contributed by atoms with Crippen LogP contribution in [0, 0.1) is 0 Å². The van der Waals surface area contributed by atoms with E-state index in [2.05, 4.69) is 14.7 Å². The zero-order valence-corrected chi connectivity index (χ0v) is 11.3. The van der Waals surface area contributed by atoms with Gasteiger partial charge in [0.1, 0.15) is 10.0 Å².